The van der Waals surface area contributed by atoms with Crippen LogP contribution in [-0.4, -0.2) is 38.9 Å². The van der Waals surface area contributed by atoms with Gasteiger partial charge in [-0.3, -0.25) is 0 Å². The molecule has 0 bridgehead atoms. The summed E-state index contributed by atoms with van der Waals surface area (Å²) in [6.45, 7) is 0. The molecular weight excluding hydrogens is 435 g/mol. The van der Waals surface area contributed by atoms with Gasteiger partial charge in [0.05, 0.1) is 4.90 Å². The molecule has 0 spiro atoms. The molecule has 0 fully saturated rings. The largest absolute Gasteiger partial charge is 0.743 e. The van der Waals surface area contributed by atoms with Crippen molar-refractivity contribution in [2.75, 3.05) is 0 Å². The van der Waals surface area contributed by atoms with Gasteiger partial charge in [-0.05, 0) is 23.3 Å². The van der Waals surface area contributed by atoms with E-state index in [1.54, 1.807) is 30.3 Å². The predicted molar refractivity (Wildman–Crippen MR) is 84.6 cm³/mol. The first-order chi connectivity index (χ1) is 12.7. The fourth-order valence-corrected chi connectivity index (χ4v) is 3.63. The molecule has 2 aromatic rings. The lowest BCUT2D eigenvalue weighted by molar-refractivity contribution is -0.238. The van der Waals surface area contributed by atoms with Crippen LogP contribution >= 0.6 is 0 Å². The third kappa shape index (κ3) is 4.66. The summed E-state index contributed by atoms with van der Waals surface area (Å²) >= 11 is 0. The van der Waals surface area contributed by atoms with E-state index in [-0.39, 0.29) is 0 Å². The molecule has 2 aromatic carbocycles. The molecule has 0 aliphatic rings. The Kier molecular flexibility index (Phi) is 5.86. The average molecular weight is 445 g/mol. The zero-order valence-corrected chi connectivity index (χ0v) is 15.1. The molecule has 154 valence electrons. The van der Waals surface area contributed by atoms with Crippen molar-refractivity contribution in [2.45, 2.75) is 22.4 Å². The Morgan fingerprint density at radius 2 is 1.25 bits per heavy atom. The van der Waals surface area contributed by atoms with E-state index < -0.39 is 42.7 Å². The maximum absolute atomic E-state index is 13.4. The Morgan fingerprint density at radius 3 is 1.68 bits per heavy atom. The summed E-state index contributed by atoms with van der Waals surface area (Å²) in [6.07, 6.45) is -10.9. The highest BCUT2D eigenvalue weighted by Crippen LogP contribution is 2.39. The van der Waals surface area contributed by atoms with Crippen LogP contribution in [0.2, 0.25) is 0 Å². The van der Waals surface area contributed by atoms with Gasteiger partial charge in [-0.1, -0.05) is 42.5 Å². The van der Waals surface area contributed by atoms with Gasteiger partial charge in [0, 0.05) is 0 Å². The molecule has 6 nitrogen and oxygen atoms in total. The monoisotopic (exact) mass is 445 g/mol. The quantitative estimate of drug-likeness (QED) is 0.385. The molecule has 1 unspecified atom stereocenters. The number of halogens is 5. The molecule has 0 N–H and O–H groups in total. The van der Waals surface area contributed by atoms with E-state index in [1.165, 1.54) is 12.1 Å². The first kappa shape index (κ1) is 22.2. The Labute approximate surface area is 156 Å². The van der Waals surface area contributed by atoms with Gasteiger partial charge in [0.2, 0.25) is 6.10 Å². The van der Waals surface area contributed by atoms with Crippen molar-refractivity contribution in [1.29, 1.82) is 0 Å². The van der Waals surface area contributed by atoms with Gasteiger partial charge in [0.15, 0.2) is 10.1 Å². The van der Waals surface area contributed by atoms with E-state index in [1.807, 2.05) is 0 Å². The van der Waals surface area contributed by atoms with Crippen LogP contribution in [0.25, 0.3) is 11.1 Å². The van der Waals surface area contributed by atoms with Crippen molar-refractivity contribution < 1.29 is 47.5 Å². The van der Waals surface area contributed by atoms with E-state index in [0.717, 1.165) is 12.1 Å². The van der Waals surface area contributed by atoms with Crippen LogP contribution < -0.4 is 0 Å². The van der Waals surface area contributed by atoms with Crippen LogP contribution in [0.1, 0.15) is 0 Å². The number of hydrogen-bond acceptors (Lipinski definition) is 6. The lowest BCUT2D eigenvalue weighted by Crippen LogP contribution is -2.52. The molecule has 0 saturated carbocycles. The minimum absolute atomic E-state index is 0.458. The number of hydrogen-bond donors (Lipinski definition) is 0. The van der Waals surface area contributed by atoms with Crippen molar-refractivity contribution in [3.8, 4) is 11.1 Å². The van der Waals surface area contributed by atoms with Crippen molar-refractivity contribution in [3.05, 3.63) is 54.6 Å². The SMILES string of the molecule is O=S(=O)(OC(C(F)(F)F)C(F)(F)S(=O)(=O)[O-])c1ccc(-c2ccccc2)cc1. The topological polar surface area (TPSA) is 101 Å². The minimum atomic E-state index is -6.87. The Balaban J connectivity index is 2.40. The fraction of sp³-hybridized carbons (Fsp3) is 0.200. The molecule has 0 aliphatic carbocycles. The van der Waals surface area contributed by atoms with E-state index >= 15 is 0 Å². The molecule has 0 heterocycles. The summed E-state index contributed by atoms with van der Waals surface area (Å²) in [5.41, 5.74) is 1.09. The number of alkyl halides is 5. The zero-order chi connectivity index (χ0) is 21.4. The summed E-state index contributed by atoms with van der Waals surface area (Å²) in [5, 5.41) is -6.07. The van der Waals surface area contributed by atoms with Crippen molar-refractivity contribution in [3.63, 3.8) is 0 Å². The Bertz CT molecular complexity index is 1030. The zero-order valence-electron chi connectivity index (χ0n) is 13.4. The highest BCUT2D eigenvalue weighted by Gasteiger charge is 2.63. The van der Waals surface area contributed by atoms with Gasteiger partial charge in [-0.2, -0.15) is 30.4 Å². The van der Waals surface area contributed by atoms with Crippen molar-refractivity contribution in [1.82, 2.24) is 0 Å². The van der Waals surface area contributed by atoms with Gasteiger partial charge in [-0.15, -0.1) is 0 Å². The van der Waals surface area contributed by atoms with Gasteiger partial charge in [0.25, 0.3) is 10.1 Å². The molecular formula is C15H10F5O6S2-. The third-order valence-electron chi connectivity index (χ3n) is 3.41. The van der Waals surface area contributed by atoms with E-state index in [9.17, 15) is 43.3 Å². The standard InChI is InChI=1S/C15H11F5O6S2/c16-14(17,18)13(15(19,20)28(23,24)25)26-27(21,22)12-8-6-11(7-9-12)10-4-2-1-3-5-10/h1-9,13H,(H,23,24,25)/p-1. The molecule has 2 rings (SSSR count). The second-order valence-corrected chi connectivity index (χ2v) is 8.40. The number of rotatable bonds is 6. The van der Waals surface area contributed by atoms with Crippen LogP contribution in [0.15, 0.2) is 59.5 Å². The highest BCUT2D eigenvalue weighted by molar-refractivity contribution is 7.87. The molecule has 0 aromatic heterocycles. The summed E-state index contributed by atoms with van der Waals surface area (Å²) < 4.78 is 124. The van der Waals surface area contributed by atoms with Crippen LogP contribution in [0.5, 0.6) is 0 Å². The second kappa shape index (κ2) is 7.39. The summed E-state index contributed by atoms with van der Waals surface area (Å²) in [5.74, 6) is 0. The Morgan fingerprint density at radius 1 is 0.786 bits per heavy atom. The van der Waals surface area contributed by atoms with Crippen molar-refractivity contribution in [2.24, 2.45) is 0 Å². The molecule has 0 radical (unpaired) electrons. The average Bonchev–Trinajstić information content (AvgIpc) is 2.58. The number of benzene rings is 2. The molecule has 1 atom stereocenters. The molecule has 0 amide bonds. The second-order valence-electron chi connectivity index (χ2n) is 5.38. The lowest BCUT2D eigenvalue weighted by Gasteiger charge is -2.29. The van der Waals surface area contributed by atoms with Gasteiger partial charge in [-0.25, -0.2) is 12.6 Å². The smallest absolute Gasteiger partial charge is 0.423 e. The fourth-order valence-electron chi connectivity index (χ4n) is 2.06. The predicted octanol–water partition coefficient (Wildman–Crippen LogP) is 3.13. The van der Waals surface area contributed by atoms with Crippen molar-refractivity contribution >= 4 is 20.2 Å². The molecule has 28 heavy (non-hydrogen) atoms. The Hall–Kier alpha value is -2.09. The van der Waals surface area contributed by atoms with Crippen LogP contribution in [0, 0.1) is 0 Å². The van der Waals surface area contributed by atoms with E-state index in [0.29, 0.717) is 11.1 Å². The van der Waals surface area contributed by atoms with Gasteiger partial charge >= 0.3 is 11.4 Å². The minimum Gasteiger partial charge on any atom is -0.743 e. The maximum Gasteiger partial charge on any atom is 0.423 e. The van der Waals surface area contributed by atoms with E-state index in [2.05, 4.69) is 4.18 Å². The van der Waals surface area contributed by atoms with Gasteiger partial charge < -0.3 is 4.55 Å². The molecule has 0 saturated heterocycles. The van der Waals surface area contributed by atoms with Gasteiger partial charge in [0.1, 0.15) is 0 Å². The molecule has 0 aliphatic heterocycles. The summed E-state index contributed by atoms with van der Waals surface area (Å²) in [4.78, 5) is -0.944. The molecule has 13 heteroatoms. The summed E-state index contributed by atoms with van der Waals surface area (Å²) in [7, 11) is -12.4. The van der Waals surface area contributed by atoms with Crippen LogP contribution in [0.4, 0.5) is 22.0 Å². The van der Waals surface area contributed by atoms with Crippen LogP contribution in [-0.2, 0) is 24.4 Å². The third-order valence-corrected chi connectivity index (χ3v) is 5.58. The maximum atomic E-state index is 13.4. The normalized spacial score (nSPS) is 14.6. The summed E-state index contributed by atoms with van der Waals surface area (Å²) in [6, 6.07) is 12.3. The van der Waals surface area contributed by atoms with Crippen LogP contribution in [0.3, 0.4) is 0 Å². The highest BCUT2D eigenvalue weighted by atomic mass is 32.2. The first-order valence-corrected chi connectivity index (χ1v) is 9.96. The lowest BCUT2D eigenvalue weighted by atomic mass is 10.1. The van der Waals surface area contributed by atoms with E-state index in [4.69, 9.17) is 0 Å². The first-order valence-electron chi connectivity index (χ1n) is 7.15.